The average Bonchev–Trinajstić information content (AvgIpc) is 2.31. The van der Waals surface area contributed by atoms with Gasteiger partial charge in [-0.1, -0.05) is 13.8 Å². The Labute approximate surface area is 66.2 Å². The first-order chi connectivity index (χ1) is 5.20. The molecule has 4 nitrogen and oxygen atoms in total. The standard InChI is InChI=1S/C7H14N4/c1-5(2)9-3-6-7(8)11-4-10-6/h4-5,9H,3,8H2,1-2H3,(H,10,11). The quantitative estimate of drug-likeness (QED) is 0.593. The second kappa shape index (κ2) is 3.39. The van der Waals surface area contributed by atoms with Crippen LogP contribution >= 0.6 is 0 Å². The molecule has 0 fully saturated rings. The van der Waals surface area contributed by atoms with Crippen molar-refractivity contribution in [2.24, 2.45) is 0 Å². The lowest BCUT2D eigenvalue weighted by molar-refractivity contribution is 0.583. The van der Waals surface area contributed by atoms with E-state index in [1.165, 1.54) is 0 Å². The maximum Gasteiger partial charge on any atom is 0.146 e. The Morgan fingerprint density at radius 3 is 2.91 bits per heavy atom. The van der Waals surface area contributed by atoms with Crippen LogP contribution < -0.4 is 11.1 Å². The van der Waals surface area contributed by atoms with Gasteiger partial charge in [0.05, 0.1) is 12.0 Å². The minimum atomic E-state index is 0.470. The molecule has 0 aromatic carbocycles. The average molecular weight is 154 g/mol. The molecule has 0 amide bonds. The molecule has 1 rings (SSSR count). The second-order valence-corrected chi connectivity index (χ2v) is 2.80. The smallest absolute Gasteiger partial charge is 0.146 e. The van der Waals surface area contributed by atoms with Crippen molar-refractivity contribution in [1.82, 2.24) is 15.3 Å². The summed E-state index contributed by atoms with van der Waals surface area (Å²) in [5.74, 6) is 0.582. The van der Waals surface area contributed by atoms with E-state index in [1.54, 1.807) is 6.33 Å². The molecular weight excluding hydrogens is 140 g/mol. The predicted molar refractivity (Wildman–Crippen MR) is 45.0 cm³/mol. The molecule has 0 atom stereocenters. The van der Waals surface area contributed by atoms with Gasteiger partial charge < -0.3 is 16.0 Å². The normalized spacial score (nSPS) is 10.8. The van der Waals surface area contributed by atoms with Crippen molar-refractivity contribution in [2.45, 2.75) is 26.4 Å². The first kappa shape index (κ1) is 8.07. The van der Waals surface area contributed by atoms with Gasteiger partial charge >= 0.3 is 0 Å². The summed E-state index contributed by atoms with van der Waals surface area (Å²) in [5.41, 5.74) is 6.50. The molecule has 1 heterocycles. The zero-order chi connectivity index (χ0) is 8.27. The molecule has 0 saturated heterocycles. The molecule has 62 valence electrons. The highest BCUT2D eigenvalue weighted by Gasteiger charge is 2.00. The molecule has 0 spiro atoms. The van der Waals surface area contributed by atoms with Crippen LogP contribution in [-0.2, 0) is 6.54 Å². The Hall–Kier alpha value is -1.03. The highest BCUT2D eigenvalue weighted by Crippen LogP contribution is 2.02. The van der Waals surface area contributed by atoms with Crippen molar-refractivity contribution >= 4 is 5.82 Å². The van der Waals surface area contributed by atoms with E-state index in [0.717, 1.165) is 12.2 Å². The van der Waals surface area contributed by atoms with E-state index in [1.807, 2.05) is 0 Å². The minimum absolute atomic E-state index is 0.470. The van der Waals surface area contributed by atoms with Gasteiger partial charge in [0.25, 0.3) is 0 Å². The molecule has 0 radical (unpaired) electrons. The number of rotatable bonds is 3. The van der Waals surface area contributed by atoms with Crippen LogP contribution in [0.25, 0.3) is 0 Å². The maximum absolute atomic E-state index is 5.54. The fourth-order valence-electron chi connectivity index (χ4n) is 0.779. The Balaban J connectivity index is 2.44. The molecule has 4 N–H and O–H groups in total. The molecule has 1 aromatic rings. The first-order valence-electron chi connectivity index (χ1n) is 3.71. The molecule has 0 aliphatic heterocycles. The summed E-state index contributed by atoms with van der Waals surface area (Å²) in [6, 6.07) is 0.470. The van der Waals surface area contributed by atoms with Crippen molar-refractivity contribution < 1.29 is 0 Å². The van der Waals surface area contributed by atoms with Gasteiger partial charge in [0.15, 0.2) is 0 Å². The van der Waals surface area contributed by atoms with Crippen LogP contribution in [0.3, 0.4) is 0 Å². The monoisotopic (exact) mass is 154 g/mol. The number of hydrogen-bond donors (Lipinski definition) is 3. The molecule has 0 aliphatic rings. The number of anilines is 1. The zero-order valence-electron chi connectivity index (χ0n) is 6.89. The van der Waals surface area contributed by atoms with Crippen molar-refractivity contribution in [3.63, 3.8) is 0 Å². The highest BCUT2D eigenvalue weighted by molar-refractivity contribution is 5.33. The molecule has 0 unspecified atom stereocenters. The SMILES string of the molecule is CC(C)NCc1[nH]cnc1N. The van der Waals surface area contributed by atoms with Gasteiger partial charge in [-0.15, -0.1) is 0 Å². The summed E-state index contributed by atoms with van der Waals surface area (Å²) in [6.07, 6.45) is 1.60. The van der Waals surface area contributed by atoms with Crippen LogP contribution in [0.4, 0.5) is 5.82 Å². The largest absolute Gasteiger partial charge is 0.382 e. The van der Waals surface area contributed by atoms with Crippen molar-refractivity contribution in [1.29, 1.82) is 0 Å². The number of nitrogens with two attached hydrogens (primary N) is 1. The third-order valence-corrected chi connectivity index (χ3v) is 1.44. The van der Waals surface area contributed by atoms with E-state index in [-0.39, 0.29) is 0 Å². The number of hydrogen-bond acceptors (Lipinski definition) is 3. The molecule has 0 bridgehead atoms. The van der Waals surface area contributed by atoms with Gasteiger partial charge in [-0.3, -0.25) is 0 Å². The number of aromatic nitrogens is 2. The zero-order valence-corrected chi connectivity index (χ0v) is 6.89. The summed E-state index contributed by atoms with van der Waals surface area (Å²) in [4.78, 5) is 6.84. The van der Waals surface area contributed by atoms with Crippen molar-refractivity contribution in [3.8, 4) is 0 Å². The number of H-pyrrole nitrogens is 1. The van der Waals surface area contributed by atoms with Crippen LogP contribution in [0.1, 0.15) is 19.5 Å². The lowest BCUT2D eigenvalue weighted by Gasteiger charge is -2.05. The maximum atomic E-state index is 5.54. The van der Waals surface area contributed by atoms with Crippen LogP contribution in [-0.4, -0.2) is 16.0 Å². The van der Waals surface area contributed by atoms with E-state index in [9.17, 15) is 0 Å². The third-order valence-electron chi connectivity index (χ3n) is 1.44. The Morgan fingerprint density at radius 2 is 2.45 bits per heavy atom. The van der Waals surface area contributed by atoms with Gasteiger partial charge in [-0.05, 0) is 0 Å². The van der Waals surface area contributed by atoms with Crippen molar-refractivity contribution in [3.05, 3.63) is 12.0 Å². The third kappa shape index (κ3) is 2.23. The lowest BCUT2D eigenvalue weighted by atomic mass is 10.3. The summed E-state index contributed by atoms with van der Waals surface area (Å²) >= 11 is 0. The summed E-state index contributed by atoms with van der Waals surface area (Å²) < 4.78 is 0. The van der Waals surface area contributed by atoms with Gasteiger partial charge in [0.1, 0.15) is 5.82 Å². The van der Waals surface area contributed by atoms with E-state index in [2.05, 4.69) is 29.1 Å². The molecule has 0 saturated carbocycles. The summed E-state index contributed by atoms with van der Waals surface area (Å²) in [7, 11) is 0. The Bertz CT molecular complexity index is 216. The first-order valence-corrected chi connectivity index (χ1v) is 3.71. The van der Waals surface area contributed by atoms with E-state index in [0.29, 0.717) is 11.9 Å². The lowest BCUT2D eigenvalue weighted by Crippen LogP contribution is -2.22. The molecule has 1 aromatic heterocycles. The number of imidazole rings is 1. The van der Waals surface area contributed by atoms with Gasteiger partial charge in [-0.25, -0.2) is 4.98 Å². The number of nitrogens with one attached hydrogen (secondary N) is 2. The molecule has 4 heteroatoms. The number of aromatic amines is 1. The van der Waals surface area contributed by atoms with Crippen LogP contribution in [0.5, 0.6) is 0 Å². The minimum Gasteiger partial charge on any atom is -0.382 e. The van der Waals surface area contributed by atoms with Crippen LogP contribution in [0.15, 0.2) is 6.33 Å². The Kier molecular flexibility index (Phi) is 2.48. The van der Waals surface area contributed by atoms with Gasteiger partial charge in [0, 0.05) is 12.6 Å². The molecular formula is C7H14N4. The van der Waals surface area contributed by atoms with Crippen LogP contribution in [0.2, 0.25) is 0 Å². The summed E-state index contributed by atoms with van der Waals surface area (Å²) in [5, 5.41) is 3.24. The molecule has 11 heavy (non-hydrogen) atoms. The van der Waals surface area contributed by atoms with Crippen LogP contribution in [0, 0.1) is 0 Å². The number of nitrogen functional groups attached to an aromatic ring is 1. The summed E-state index contributed by atoms with van der Waals surface area (Å²) in [6.45, 7) is 4.93. The van der Waals surface area contributed by atoms with Gasteiger partial charge in [-0.2, -0.15) is 0 Å². The fraction of sp³-hybridized carbons (Fsp3) is 0.571. The molecule has 0 aliphatic carbocycles. The van der Waals surface area contributed by atoms with Gasteiger partial charge in [0.2, 0.25) is 0 Å². The second-order valence-electron chi connectivity index (χ2n) is 2.80. The fourth-order valence-corrected chi connectivity index (χ4v) is 0.779. The van der Waals surface area contributed by atoms with E-state index in [4.69, 9.17) is 5.73 Å². The predicted octanol–water partition coefficient (Wildman–Crippen LogP) is 0.490. The van der Waals surface area contributed by atoms with E-state index >= 15 is 0 Å². The Morgan fingerprint density at radius 1 is 1.73 bits per heavy atom. The van der Waals surface area contributed by atoms with Crippen molar-refractivity contribution in [2.75, 3.05) is 5.73 Å². The highest BCUT2D eigenvalue weighted by atomic mass is 15.0. The number of nitrogens with zero attached hydrogens (tertiary/aromatic N) is 1. The topological polar surface area (TPSA) is 66.7 Å². The van der Waals surface area contributed by atoms with E-state index < -0.39 is 0 Å².